The van der Waals surface area contributed by atoms with Gasteiger partial charge in [-0.05, 0) is 18.6 Å². The van der Waals surface area contributed by atoms with Gasteiger partial charge in [0.25, 0.3) is 5.56 Å². The summed E-state index contributed by atoms with van der Waals surface area (Å²) in [5.74, 6) is 0.198. The summed E-state index contributed by atoms with van der Waals surface area (Å²) in [7, 11) is -3.01. The molecule has 2 aromatic carbocycles. The molecule has 6 nitrogen and oxygen atoms in total. The van der Waals surface area contributed by atoms with E-state index in [4.69, 9.17) is 0 Å². The molecule has 2 heterocycles. The van der Waals surface area contributed by atoms with Crippen LogP contribution in [0, 0.1) is 0 Å². The lowest BCUT2D eigenvalue weighted by Gasteiger charge is -2.02. The van der Waals surface area contributed by atoms with Gasteiger partial charge in [-0.3, -0.25) is 14.9 Å². The van der Waals surface area contributed by atoms with Crippen LogP contribution in [0.15, 0.2) is 70.5 Å². The Hall–Kier alpha value is -2.93. The molecule has 0 amide bonds. The topological polar surface area (TPSA) is 84.3 Å². The van der Waals surface area contributed by atoms with Gasteiger partial charge in [0.15, 0.2) is 9.84 Å². The predicted molar refractivity (Wildman–Crippen MR) is 106 cm³/mol. The van der Waals surface area contributed by atoms with Gasteiger partial charge in [0, 0.05) is 11.8 Å². The van der Waals surface area contributed by atoms with Gasteiger partial charge in [0.1, 0.15) is 0 Å². The van der Waals surface area contributed by atoms with Crippen LogP contribution in [0.25, 0.3) is 16.9 Å². The molecule has 0 saturated carbocycles. The van der Waals surface area contributed by atoms with Crippen LogP contribution < -0.4 is 5.56 Å². The standard InChI is InChI=1S/C20H19N3O3S/c24-20-18(13-21-16-11-12-27(25,26)14-16)19(15-7-3-1-4-8-15)22-23(20)17-9-5-2-6-10-17/h1-10,13,16,22H,11-12,14H2/t16-/m1/s1. The van der Waals surface area contributed by atoms with Crippen molar-refractivity contribution in [3.8, 4) is 16.9 Å². The van der Waals surface area contributed by atoms with Crippen LogP contribution in [-0.4, -0.2) is 42.0 Å². The first kappa shape index (κ1) is 17.5. The summed E-state index contributed by atoms with van der Waals surface area (Å²) >= 11 is 0. The summed E-state index contributed by atoms with van der Waals surface area (Å²) in [6.07, 6.45) is 2.02. The second-order valence-corrected chi connectivity index (χ2v) is 8.81. The Morgan fingerprint density at radius 2 is 1.70 bits per heavy atom. The number of aliphatic imine (C=N–C) groups is 1. The second kappa shape index (κ2) is 7.00. The largest absolute Gasteiger partial charge is 0.290 e. The van der Waals surface area contributed by atoms with E-state index in [0.29, 0.717) is 17.7 Å². The minimum atomic E-state index is -3.01. The van der Waals surface area contributed by atoms with Gasteiger partial charge in [0.05, 0.1) is 34.5 Å². The maximum absolute atomic E-state index is 13.0. The Morgan fingerprint density at radius 1 is 1.04 bits per heavy atom. The van der Waals surface area contributed by atoms with Gasteiger partial charge in [-0.25, -0.2) is 13.1 Å². The lowest BCUT2D eigenvalue weighted by Crippen LogP contribution is -2.17. The minimum absolute atomic E-state index is 0.0431. The number of rotatable bonds is 4. The first-order valence-corrected chi connectivity index (χ1v) is 10.5. The molecule has 1 aliphatic rings. The first-order valence-electron chi connectivity index (χ1n) is 8.73. The fourth-order valence-corrected chi connectivity index (χ4v) is 4.86. The normalized spacial score (nSPS) is 18.9. The van der Waals surface area contributed by atoms with Crippen LogP contribution in [0.1, 0.15) is 12.0 Å². The highest BCUT2D eigenvalue weighted by atomic mass is 32.2. The molecular weight excluding hydrogens is 362 g/mol. The number of aromatic amines is 1. The van der Waals surface area contributed by atoms with Crippen molar-refractivity contribution in [3.05, 3.63) is 76.6 Å². The number of para-hydroxylation sites is 1. The molecular formula is C20H19N3O3S. The summed E-state index contributed by atoms with van der Waals surface area (Å²) in [5, 5.41) is 3.17. The number of H-pyrrole nitrogens is 1. The minimum Gasteiger partial charge on any atom is -0.290 e. The summed E-state index contributed by atoms with van der Waals surface area (Å²) in [6.45, 7) is 0. The van der Waals surface area contributed by atoms with Gasteiger partial charge in [-0.2, -0.15) is 0 Å². The molecule has 0 spiro atoms. The van der Waals surface area contributed by atoms with E-state index in [-0.39, 0.29) is 23.1 Å². The molecule has 1 atom stereocenters. The molecule has 3 aromatic rings. The molecule has 1 aliphatic heterocycles. The van der Waals surface area contributed by atoms with Gasteiger partial charge < -0.3 is 0 Å². The quantitative estimate of drug-likeness (QED) is 0.705. The lowest BCUT2D eigenvalue weighted by atomic mass is 10.1. The summed E-state index contributed by atoms with van der Waals surface area (Å²) in [5.41, 5.74) is 2.46. The number of hydrogen-bond acceptors (Lipinski definition) is 4. The van der Waals surface area contributed by atoms with Crippen LogP contribution in [0.2, 0.25) is 0 Å². The lowest BCUT2D eigenvalue weighted by molar-refractivity contribution is 0.601. The Labute approximate surface area is 157 Å². The molecule has 1 fully saturated rings. The number of benzene rings is 2. The van der Waals surface area contributed by atoms with Crippen molar-refractivity contribution in [1.29, 1.82) is 0 Å². The zero-order valence-corrected chi connectivity index (χ0v) is 15.4. The van der Waals surface area contributed by atoms with E-state index in [1.807, 2.05) is 60.7 Å². The molecule has 1 saturated heterocycles. The van der Waals surface area contributed by atoms with Crippen LogP contribution in [0.4, 0.5) is 0 Å². The zero-order chi connectivity index (χ0) is 18.9. The predicted octanol–water partition coefficient (Wildman–Crippen LogP) is 2.44. The van der Waals surface area contributed by atoms with E-state index in [0.717, 1.165) is 11.3 Å². The van der Waals surface area contributed by atoms with E-state index in [1.165, 1.54) is 10.9 Å². The molecule has 27 heavy (non-hydrogen) atoms. The fourth-order valence-electron chi connectivity index (χ4n) is 3.23. The van der Waals surface area contributed by atoms with E-state index in [2.05, 4.69) is 10.1 Å². The van der Waals surface area contributed by atoms with Crippen molar-refractivity contribution in [1.82, 2.24) is 9.78 Å². The van der Waals surface area contributed by atoms with Crippen LogP contribution >= 0.6 is 0 Å². The molecule has 0 bridgehead atoms. The van der Waals surface area contributed by atoms with Crippen molar-refractivity contribution in [2.24, 2.45) is 4.99 Å². The fraction of sp³-hybridized carbons (Fsp3) is 0.200. The van der Waals surface area contributed by atoms with Crippen LogP contribution in [-0.2, 0) is 9.84 Å². The molecule has 138 valence electrons. The van der Waals surface area contributed by atoms with Crippen LogP contribution in [0.3, 0.4) is 0 Å². The highest BCUT2D eigenvalue weighted by Crippen LogP contribution is 2.20. The molecule has 7 heteroatoms. The summed E-state index contributed by atoms with van der Waals surface area (Å²) < 4.78 is 24.8. The Kier molecular flexibility index (Phi) is 4.53. The Morgan fingerprint density at radius 3 is 2.33 bits per heavy atom. The molecule has 1 N–H and O–H groups in total. The SMILES string of the molecule is O=c1c(C=N[C@@H]2CCS(=O)(=O)C2)c(-c2ccccc2)[nH]n1-c1ccccc1. The summed E-state index contributed by atoms with van der Waals surface area (Å²) in [6, 6.07) is 18.5. The monoisotopic (exact) mass is 381 g/mol. The molecule has 1 aromatic heterocycles. The van der Waals surface area contributed by atoms with E-state index >= 15 is 0 Å². The number of sulfone groups is 1. The smallest absolute Gasteiger partial charge is 0.280 e. The van der Waals surface area contributed by atoms with Gasteiger partial charge in [-0.15, -0.1) is 0 Å². The third kappa shape index (κ3) is 3.64. The second-order valence-electron chi connectivity index (χ2n) is 6.58. The van der Waals surface area contributed by atoms with Crippen molar-refractivity contribution in [3.63, 3.8) is 0 Å². The van der Waals surface area contributed by atoms with Gasteiger partial charge in [0.2, 0.25) is 0 Å². The maximum Gasteiger partial charge on any atom is 0.280 e. The summed E-state index contributed by atoms with van der Waals surface area (Å²) in [4.78, 5) is 17.4. The van der Waals surface area contributed by atoms with Gasteiger partial charge in [-0.1, -0.05) is 48.5 Å². The Bertz CT molecular complexity index is 1130. The van der Waals surface area contributed by atoms with Crippen molar-refractivity contribution >= 4 is 16.1 Å². The average Bonchev–Trinajstić information content (AvgIpc) is 3.20. The van der Waals surface area contributed by atoms with Crippen molar-refractivity contribution < 1.29 is 8.42 Å². The van der Waals surface area contributed by atoms with Gasteiger partial charge >= 0.3 is 0 Å². The Balaban J connectivity index is 1.79. The van der Waals surface area contributed by atoms with Crippen molar-refractivity contribution in [2.75, 3.05) is 11.5 Å². The molecule has 0 radical (unpaired) electrons. The van der Waals surface area contributed by atoms with Crippen LogP contribution in [0.5, 0.6) is 0 Å². The number of nitrogens with one attached hydrogen (secondary N) is 1. The van der Waals surface area contributed by atoms with E-state index in [9.17, 15) is 13.2 Å². The third-order valence-electron chi connectivity index (χ3n) is 4.63. The highest BCUT2D eigenvalue weighted by molar-refractivity contribution is 7.91. The molecule has 0 unspecified atom stereocenters. The maximum atomic E-state index is 13.0. The number of hydrogen-bond donors (Lipinski definition) is 1. The highest BCUT2D eigenvalue weighted by Gasteiger charge is 2.27. The van der Waals surface area contributed by atoms with Crippen molar-refractivity contribution in [2.45, 2.75) is 12.5 Å². The number of nitrogens with zero attached hydrogens (tertiary/aromatic N) is 2. The zero-order valence-electron chi connectivity index (χ0n) is 14.6. The first-order chi connectivity index (χ1) is 13.0. The molecule has 4 rings (SSSR count). The third-order valence-corrected chi connectivity index (χ3v) is 6.38. The van der Waals surface area contributed by atoms with E-state index in [1.54, 1.807) is 0 Å². The average molecular weight is 381 g/mol. The van der Waals surface area contributed by atoms with E-state index < -0.39 is 9.84 Å². The number of aromatic nitrogens is 2. The molecule has 0 aliphatic carbocycles.